The van der Waals surface area contributed by atoms with Crippen LogP contribution in [0.3, 0.4) is 0 Å². The molecule has 0 aromatic heterocycles. The molecule has 0 saturated heterocycles. The minimum absolute atomic E-state index is 0.360. The average Bonchev–Trinajstić information content (AvgIpc) is 2.30. The van der Waals surface area contributed by atoms with Crippen molar-refractivity contribution in [2.45, 2.75) is 6.92 Å². The third-order valence-corrected chi connectivity index (χ3v) is 2.92. The second-order valence-corrected chi connectivity index (χ2v) is 4.22. The Bertz CT molecular complexity index is 578. The number of benzene rings is 2. The van der Waals surface area contributed by atoms with Crippen LogP contribution < -0.4 is 0 Å². The zero-order chi connectivity index (χ0) is 12.4. The first-order valence-electron chi connectivity index (χ1n) is 5.13. The van der Waals surface area contributed by atoms with Gasteiger partial charge in [0.2, 0.25) is 0 Å². The maximum atomic E-state index is 13.0. The van der Waals surface area contributed by atoms with E-state index >= 15 is 0 Å². The lowest BCUT2D eigenvalue weighted by Gasteiger charge is -2.08. The Morgan fingerprint density at radius 2 is 1.82 bits per heavy atom. The molecule has 0 N–H and O–H groups in total. The Kier molecular flexibility index (Phi) is 3.25. The second-order valence-electron chi connectivity index (χ2n) is 3.82. The zero-order valence-electron chi connectivity index (χ0n) is 9.21. The van der Waals surface area contributed by atoms with Crippen molar-refractivity contribution in [1.82, 2.24) is 0 Å². The van der Waals surface area contributed by atoms with Gasteiger partial charge in [0.05, 0.1) is 5.02 Å². The molecular weight excluding hydrogens is 239 g/mol. The number of rotatable bonds is 2. The molecule has 0 saturated carbocycles. The normalized spacial score (nSPS) is 10.3. The first-order chi connectivity index (χ1) is 8.11. The van der Waals surface area contributed by atoms with Crippen LogP contribution in [0.1, 0.15) is 15.9 Å². The van der Waals surface area contributed by atoms with Gasteiger partial charge in [-0.1, -0.05) is 23.7 Å². The summed E-state index contributed by atoms with van der Waals surface area (Å²) in [6, 6.07) is 9.61. The molecule has 0 amide bonds. The van der Waals surface area contributed by atoms with Gasteiger partial charge in [-0.25, -0.2) is 4.39 Å². The van der Waals surface area contributed by atoms with Crippen molar-refractivity contribution in [1.29, 1.82) is 0 Å². The lowest BCUT2D eigenvalue weighted by atomic mass is 9.98. The molecule has 3 heteroatoms. The van der Waals surface area contributed by atoms with Crippen LogP contribution in [0, 0.1) is 12.7 Å². The lowest BCUT2D eigenvalue weighted by molar-refractivity contribution is 0.112. The molecular formula is C14H10ClFO. The molecule has 0 aliphatic heterocycles. The molecule has 0 spiro atoms. The van der Waals surface area contributed by atoms with Crippen LogP contribution in [0.5, 0.6) is 0 Å². The van der Waals surface area contributed by atoms with Crippen LogP contribution >= 0.6 is 11.6 Å². The first kappa shape index (κ1) is 11.8. The summed E-state index contributed by atoms with van der Waals surface area (Å²) in [4.78, 5) is 10.6. The molecule has 86 valence electrons. The van der Waals surface area contributed by atoms with E-state index in [0.29, 0.717) is 10.6 Å². The number of aldehydes is 1. The SMILES string of the molecule is Cc1cc(C=O)ccc1-c1ccc(F)cc1Cl. The highest BCUT2D eigenvalue weighted by atomic mass is 35.5. The van der Waals surface area contributed by atoms with Crippen molar-refractivity contribution < 1.29 is 9.18 Å². The predicted octanol–water partition coefficient (Wildman–Crippen LogP) is 4.27. The fraction of sp³-hybridized carbons (Fsp3) is 0.0714. The highest BCUT2D eigenvalue weighted by Gasteiger charge is 2.07. The monoisotopic (exact) mass is 248 g/mol. The number of carbonyl (C=O) groups is 1. The molecule has 2 aromatic carbocycles. The van der Waals surface area contributed by atoms with Gasteiger partial charge >= 0.3 is 0 Å². The molecule has 17 heavy (non-hydrogen) atoms. The molecule has 0 unspecified atom stereocenters. The third kappa shape index (κ3) is 2.37. The molecule has 1 nitrogen and oxygen atoms in total. The lowest BCUT2D eigenvalue weighted by Crippen LogP contribution is -1.88. The van der Waals surface area contributed by atoms with Crippen LogP contribution in [0.2, 0.25) is 5.02 Å². The van der Waals surface area contributed by atoms with Crippen molar-refractivity contribution in [2.75, 3.05) is 0 Å². The average molecular weight is 249 g/mol. The summed E-state index contributed by atoms with van der Waals surface area (Å²) in [6.07, 6.45) is 0.795. The topological polar surface area (TPSA) is 17.1 Å². The first-order valence-corrected chi connectivity index (χ1v) is 5.51. The van der Waals surface area contributed by atoms with Crippen LogP contribution in [0.15, 0.2) is 36.4 Å². The van der Waals surface area contributed by atoms with E-state index in [-0.39, 0.29) is 5.82 Å². The Morgan fingerprint density at radius 1 is 1.12 bits per heavy atom. The fourth-order valence-electron chi connectivity index (χ4n) is 1.77. The van der Waals surface area contributed by atoms with E-state index in [1.54, 1.807) is 18.2 Å². The standard InChI is InChI=1S/C14H10ClFO/c1-9-6-10(8-17)2-4-12(9)13-5-3-11(16)7-14(13)15/h2-8H,1H3. The largest absolute Gasteiger partial charge is 0.298 e. The van der Waals surface area contributed by atoms with E-state index in [9.17, 15) is 9.18 Å². The molecule has 2 aromatic rings. The van der Waals surface area contributed by atoms with E-state index in [4.69, 9.17) is 11.6 Å². The summed E-state index contributed by atoms with van der Waals surface area (Å²) >= 11 is 6.00. The van der Waals surface area contributed by atoms with E-state index in [1.165, 1.54) is 12.1 Å². The number of halogens is 2. The van der Waals surface area contributed by atoms with Crippen LogP contribution in [-0.4, -0.2) is 6.29 Å². The highest BCUT2D eigenvalue weighted by Crippen LogP contribution is 2.31. The molecule has 0 radical (unpaired) electrons. The maximum absolute atomic E-state index is 13.0. The summed E-state index contributed by atoms with van der Waals surface area (Å²) in [7, 11) is 0. The van der Waals surface area contributed by atoms with Crippen molar-refractivity contribution in [3.8, 4) is 11.1 Å². The minimum Gasteiger partial charge on any atom is -0.298 e. The van der Waals surface area contributed by atoms with Gasteiger partial charge < -0.3 is 0 Å². The van der Waals surface area contributed by atoms with Gasteiger partial charge in [0.1, 0.15) is 12.1 Å². The highest BCUT2D eigenvalue weighted by molar-refractivity contribution is 6.33. The molecule has 0 aliphatic carbocycles. The summed E-state index contributed by atoms with van der Waals surface area (Å²) < 4.78 is 13.0. The predicted molar refractivity (Wildman–Crippen MR) is 67.0 cm³/mol. The van der Waals surface area contributed by atoms with Crippen LogP contribution in [0.25, 0.3) is 11.1 Å². The van der Waals surface area contributed by atoms with Gasteiger partial charge in [-0.05, 0) is 42.3 Å². The fourth-order valence-corrected chi connectivity index (χ4v) is 2.04. The Balaban J connectivity index is 2.56. The molecule has 0 fully saturated rings. The summed E-state index contributed by atoms with van der Waals surface area (Å²) in [5, 5.41) is 0.368. The summed E-state index contributed by atoms with van der Waals surface area (Å²) in [5.41, 5.74) is 3.22. The molecule has 0 heterocycles. The third-order valence-electron chi connectivity index (χ3n) is 2.61. The van der Waals surface area contributed by atoms with E-state index in [2.05, 4.69) is 0 Å². The number of aryl methyl sites for hydroxylation is 1. The Hall–Kier alpha value is -1.67. The van der Waals surface area contributed by atoms with Gasteiger partial charge in [-0.3, -0.25) is 4.79 Å². The van der Waals surface area contributed by atoms with Gasteiger partial charge in [-0.15, -0.1) is 0 Å². The molecule has 0 aliphatic rings. The van der Waals surface area contributed by atoms with E-state index < -0.39 is 0 Å². The van der Waals surface area contributed by atoms with Crippen molar-refractivity contribution >= 4 is 17.9 Å². The van der Waals surface area contributed by atoms with Crippen molar-refractivity contribution in [3.63, 3.8) is 0 Å². The molecule has 0 atom stereocenters. The van der Waals surface area contributed by atoms with E-state index in [0.717, 1.165) is 23.0 Å². The quantitative estimate of drug-likeness (QED) is 0.726. The van der Waals surface area contributed by atoms with Gasteiger partial charge in [0, 0.05) is 11.1 Å². The van der Waals surface area contributed by atoms with Crippen molar-refractivity contribution in [3.05, 3.63) is 58.4 Å². The number of hydrogen-bond donors (Lipinski definition) is 0. The Morgan fingerprint density at radius 3 is 2.41 bits per heavy atom. The van der Waals surface area contributed by atoms with Gasteiger partial charge in [0.25, 0.3) is 0 Å². The summed E-state index contributed by atoms with van der Waals surface area (Å²) in [5.74, 6) is -0.360. The van der Waals surface area contributed by atoms with Crippen LogP contribution in [-0.2, 0) is 0 Å². The molecule has 0 bridgehead atoms. The van der Waals surface area contributed by atoms with Gasteiger partial charge in [-0.2, -0.15) is 0 Å². The zero-order valence-corrected chi connectivity index (χ0v) is 9.96. The Labute approximate surface area is 104 Å². The number of hydrogen-bond acceptors (Lipinski definition) is 1. The summed E-state index contributed by atoms with van der Waals surface area (Å²) in [6.45, 7) is 1.89. The second kappa shape index (κ2) is 4.68. The van der Waals surface area contributed by atoms with Crippen molar-refractivity contribution in [2.24, 2.45) is 0 Å². The van der Waals surface area contributed by atoms with Gasteiger partial charge in [0.15, 0.2) is 0 Å². The number of carbonyl (C=O) groups excluding carboxylic acids is 1. The smallest absolute Gasteiger partial charge is 0.150 e. The minimum atomic E-state index is -0.360. The maximum Gasteiger partial charge on any atom is 0.150 e. The van der Waals surface area contributed by atoms with E-state index in [1.807, 2.05) is 13.0 Å². The van der Waals surface area contributed by atoms with Crippen LogP contribution in [0.4, 0.5) is 4.39 Å². The molecule has 2 rings (SSSR count).